The molecule has 2 heterocycles. The minimum atomic E-state index is -0.111. The quantitative estimate of drug-likeness (QED) is 0.198. The van der Waals surface area contributed by atoms with E-state index in [9.17, 15) is 0 Å². The molecule has 0 spiro atoms. The summed E-state index contributed by atoms with van der Waals surface area (Å²) in [5.74, 6) is 1.83. The summed E-state index contributed by atoms with van der Waals surface area (Å²) in [5, 5.41) is 6.77. The molecule has 9 aromatic rings. The maximum atomic E-state index is 6.94. The van der Waals surface area contributed by atoms with Crippen molar-refractivity contribution in [2.45, 2.75) is 19.3 Å². The third-order valence-corrected chi connectivity index (χ3v) is 10.1. The van der Waals surface area contributed by atoms with E-state index in [4.69, 9.17) is 19.4 Å². The van der Waals surface area contributed by atoms with Crippen LogP contribution in [0.15, 0.2) is 144 Å². The second kappa shape index (κ2) is 9.93. The summed E-state index contributed by atoms with van der Waals surface area (Å²) in [6.07, 6.45) is 0. The maximum Gasteiger partial charge on any atom is 0.167 e. The molecule has 4 nitrogen and oxygen atoms in total. The zero-order chi connectivity index (χ0) is 32.0. The molecule has 1 aliphatic carbocycles. The Bertz CT molecular complexity index is 2680. The lowest BCUT2D eigenvalue weighted by atomic mass is 9.82. The highest BCUT2D eigenvalue weighted by Gasteiger charge is 2.37. The Morgan fingerprint density at radius 1 is 0.438 bits per heavy atom. The standard InChI is InChI=1S/C44H29N3O/c1-44(2)36-17-8-7-14-34(36)38-37(44)23-22-33-32-15-9-16-35(39(32)48-40(33)38)43-46-41(30-20-18-26-10-3-5-12-28(26)24-30)45-42(47-43)31-21-19-27-11-4-6-13-29(27)25-31/h3-25H,1-2H3. The summed E-state index contributed by atoms with van der Waals surface area (Å²) >= 11 is 0. The van der Waals surface area contributed by atoms with E-state index in [1.807, 2.05) is 0 Å². The van der Waals surface area contributed by atoms with Gasteiger partial charge in [-0.1, -0.05) is 135 Å². The van der Waals surface area contributed by atoms with E-state index in [1.54, 1.807) is 0 Å². The van der Waals surface area contributed by atoms with Gasteiger partial charge in [-0.3, -0.25) is 0 Å². The van der Waals surface area contributed by atoms with E-state index in [2.05, 4.69) is 153 Å². The van der Waals surface area contributed by atoms with Crippen molar-refractivity contribution in [1.29, 1.82) is 0 Å². The summed E-state index contributed by atoms with van der Waals surface area (Å²) in [6, 6.07) is 48.9. The Morgan fingerprint density at radius 3 is 1.69 bits per heavy atom. The van der Waals surface area contributed by atoms with E-state index in [-0.39, 0.29) is 5.41 Å². The van der Waals surface area contributed by atoms with Crippen molar-refractivity contribution in [3.8, 4) is 45.3 Å². The van der Waals surface area contributed by atoms with Crippen molar-refractivity contribution >= 4 is 43.5 Å². The van der Waals surface area contributed by atoms with E-state index in [1.165, 1.54) is 33.0 Å². The first-order valence-electron chi connectivity index (χ1n) is 16.4. The fourth-order valence-electron chi connectivity index (χ4n) is 7.63. The molecular weight excluding hydrogens is 587 g/mol. The van der Waals surface area contributed by atoms with E-state index in [0.29, 0.717) is 17.5 Å². The molecule has 0 N–H and O–H groups in total. The maximum absolute atomic E-state index is 6.94. The highest BCUT2D eigenvalue weighted by Crippen LogP contribution is 2.52. The number of aromatic nitrogens is 3. The molecule has 0 saturated carbocycles. The lowest BCUT2D eigenvalue weighted by Gasteiger charge is -2.21. The predicted octanol–water partition coefficient (Wildman–Crippen LogP) is 11.4. The van der Waals surface area contributed by atoms with Crippen LogP contribution in [0.5, 0.6) is 0 Å². The molecule has 1 aliphatic rings. The molecule has 0 bridgehead atoms. The first-order chi connectivity index (χ1) is 23.5. The normalized spacial score (nSPS) is 13.4. The third kappa shape index (κ3) is 3.93. The van der Waals surface area contributed by atoms with Crippen LogP contribution in [0.1, 0.15) is 25.0 Å². The minimum Gasteiger partial charge on any atom is -0.455 e. The number of benzene rings is 7. The van der Waals surface area contributed by atoms with Crippen LogP contribution in [0.3, 0.4) is 0 Å². The van der Waals surface area contributed by atoms with Gasteiger partial charge < -0.3 is 4.42 Å². The Morgan fingerprint density at radius 2 is 1.00 bits per heavy atom. The van der Waals surface area contributed by atoms with Crippen LogP contribution in [0.4, 0.5) is 0 Å². The fourth-order valence-corrected chi connectivity index (χ4v) is 7.63. The van der Waals surface area contributed by atoms with Crippen molar-refractivity contribution < 1.29 is 4.42 Å². The lowest BCUT2D eigenvalue weighted by Crippen LogP contribution is -2.14. The highest BCUT2D eigenvalue weighted by molar-refractivity contribution is 6.14. The van der Waals surface area contributed by atoms with Crippen LogP contribution in [0, 0.1) is 0 Å². The van der Waals surface area contributed by atoms with E-state index >= 15 is 0 Å². The topological polar surface area (TPSA) is 51.8 Å². The van der Waals surface area contributed by atoms with Gasteiger partial charge >= 0.3 is 0 Å². The first kappa shape index (κ1) is 27.0. The number of rotatable bonds is 3. The average molecular weight is 616 g/mol. The van der Waals surface area contributed by atoms with Gasteiger partial charge in [0.05, 0.1) is 5.56 Å². The highest BCUT2D eigenvalue weighted by atomic mass is 16.3. The zero-order valence-electron chi connectivity index (χ0n) is 26.5. The van der Waals surface area contributed by atoms with Gasteiger partial charge in [-0.25, -0.2) is 15.0 Å². The summed E-state index contributed by atoms with van der Waals surface area (Å²) in [6.45, 7) is 4.59. The van der Waals surface area contributed by atoms with Gasteiger partial charge in [-0.15, -0.1) is 0 Å². The van der Waals surface area contributed by atoms with Crippen LogP contribution < -0.4 is 0 Å². The van der Waals surface area contributed by atoms with Gasteiger partial charge in [0.2, 0.25) is 0 Å². The van der Waals surface area contributed by atoms with Crippen LogP contribution in [-0.4, -0.2) is 15.0 Å². The summed E-state index contributed by atoms with van der Waals surface area (Å²) < 4.78 is 6.94. The second-order valence-corrected chi connectivity index (χ2v) is 13.2. The van der Waals surface area contributed by atoms with E-state index in [0.717, 1.165) is 49.4 Å². The van der Waals surface area contributed by atoms with Crippen LogP contribution in [0.2, 0.25) is 0 Å². The zero-order valence-corrected chi connectivity index (χ0v) is 26.5. The molecule has 10 rings (SSSR count). The van der Waals surface area contributed by atoms with Gasteiger partial charge in [0.25, 0.3) is 0 Å². The van der Waals surface area contributed by atoms with E-state index < -0.39 is 0 Å². The summed E-state index contributed by atoms with van der Waals surface area (Å²) in [4.78, 5) is 15.3. The molecule has 0 fully saturated rings. The van der Waals surface area contributed by atoms with Crippen LogP contribution >= 0.6 is 0 Å². The molecule has 0 atom stereocenters. The number of nitrogens with zero attached hydrogens (tertiary/aromatic N) is 3. The van der Waals surface area contributed by atoms with Crippen molar-refractivity contribution in [2.75, 3.05) is 0 Å². The predicted molar refractivity (Wildman–Crippen MR) is 196 cm³/mol. The van der Waals surface area contributed by atoms with Gasteiger partial charge in [0.15, 0.2) is 17.5 Å². The molecule has 226 valence electrons. The Hall–Kier alpha value is -6.13. The molecule has 0 aliphatic heterocycles. The molecular formula is C44H29N3O. The van der Waals surface area contributed by atoms with Crippen molar-refractivity contribution in [3.05, 3.63) is 151 Å². The van der Waals surface area contributed by atoms with Gasteiger partial charge in [-0.05, 0) is 56.4 Å². The summed E-state index contributed by atoms with van der Waals surface area (Å²) in [7, 11) is 0. The number of para-hydroxylation sites is 1. The Labute approximate surface area is 277 Å². The summed E-state index contributed by atoms with van der Waals surface area (Å²) in [5.41, 5.74) is 9.32. The molecule has 0 saturated heterocycles. The number of hydrogen-bond acceptors (Lipinski definition) is 4. The van der Waals surface area contributed by atoms with Crippen molar-refractivity contribution in [2.24, 2.45) is 0 Å². The molecule has 48 heavy (non-hydrogen) atoms. The lowest BCUT2D eigenvalue weighted by molar-refractivity contribution is 0.653. The molecule has 4 heteroatoms. The van der Waals surface area contributed by atoms with Crippen molar-refractivity contribution in [1.82, 2.24) is 15.0 Å². The van der Waals surface area contributed by atoms with Crippen LogP contribution in [0.25, 0.3) is 88.8 Å². The molecule has 2 aromatic heterocycles. The van der Waals surface area contributed by atoms with Gasteiger partial charge in [-0.2, -0.15) is 0 Å². The number of fused-ring (bicyclic) bond motifs is 9. The number of hydrogen-bond donors (Lipinski definition) is 0. The Balaban J connectivity index is 1.23. The largest absolute Gasteiger partial charge is 0.455 e. The first-order valence-corrected chi connectivity index (χ1v) is 16.4. The smallest absolute Gasteiger partial charge is 0.167 e. The average Bonchev–Trinajstić information content (AvgIpc) is 3.63. The molecule has 0 unspecified atom stereocenters. The molecule has 7 aromatic carbocycles. The van der Waals surface area contributed by atoms with Gasteiger partial charge in [0, 0.05) is 32.9 Å². The third-order valence-electron chi connectivity index (χ3n) is 10.1. The SMILES string of the molecule is CC1(C)c2ccccc2-c2c1ccc1c2oc2c(-c3nc(-c4ccc5ccccc5c4)nc(-c4ccc5ccccc5c4)n3)cccc21. The minimum absolute atomic E-state index is 0.111. The van der Waals surface area contributed by atoms with Gasteiger partial charge in [0.1, 0.15) is 11.2 Å². The van der Waals surface area contributed by atoms with Crippen molar-refractivity contribution in [3.63, 3.8) is 0 Å². The Kier molecular flexibility index (Phi) is 5.59. The molecule has 0 radical (unpaired) electrons. The molecule has 0 amide bonds. The fraction of sp³-hybridized carbons (Fsp3) is 0.0682. The number of furan rings is 1. The van der Waals surface area contributed by atoms with Crippen LogP contribution in [-0.2, 0) is 5.41 Å². The monoisotopic (exact) mass is 615 g/mol. The second-order valence-electron chi connectivity index (χ2n) is 13.2.